The van der Waals surface area contributed by atoms with Crippen molar-refractivity contribution in [3.8, 4) is 39.7 Å². The Morgan fingerprint density at radius 3 is 2.50 bits per heavy atom. The molecule has 2 N–H and O–H groups in total. The lowest BCUT2D eigenvalue weighted by molar-refractivity contribution is 0.220. The predicted molar refractivity (Wildman–Crippen MR) is 176 cm³/mol. The van der Waals surface area contributed by atoms with E-state index >= 15 is 0 Å². The van der Waals surface area contributed by atoms with Crippen molar-refractivity contribution in [1.29, 1.82) is 0 Å². The molecular formula is C35H36FN9O. The van der Waals surface area contributed by atoms with Crippen molar-refractivity contribution >= 4 is 21.9 Å². The van der Waals surface area contributed by atoms with E-state index in [4.69, 9.17) is 14.7 Å². The number of H-pyrrole nitrogens is 2. The molecule has 0 unspecified atom stereocenters. The molecule has 6 aromatic rings. The van der Waals surface area contributed by atoms with Crippen molar-refractivity contribution < 1.29 is 9.13 Å². The topological polar surface area (TPSA) is 112 Å². The third kappa shape index (κ3) is 5.95. The lowest BCUT2D eigenvalue weighted by atomic mass is 10.1. The third-order valence-corrected chi connectivity index (χ3v) is 9.07. The normalized spacial score (nSPS) is 16.1. The van der Waals surface area contributed by atoms with Crippen LogP contribution in [0, 0.1) is 5.82 Å². The van der Waals surface area contributed by atoms with Crippen molar-refractivity contribution in [3.05, 3.63) is 72.7 Å². The minimum Gasteiger partial charge on any atom is -0.492 e. The number of nitrogens with one attached hydrogen (secondary N) is 2. The van der Waals surface area contributed by atoms with Gasteiger partial charge in [0.15, 0.2) is 5.82 Å². The van der Waals surface area contributed by atoms with Gasteiger partial charge in [-0.3, -0.25) is 29.9 Å². The van der Waals surface area contributed by atoms with Crippen LogP contribution < -0.4 is 4.74 Å². The molecular weight excluding hydrogens is 581 g/mol. The van der Waals surface area contributed by atoms with Crippen LogP contribution in [0.4, 0.5) is 4.39 Å². The number of hydrogen-bond acceptors (Lipinski definition) is 8. The molecule has 2 aliphatic rings. The minimum absolute atomic E-state index is 0.366. The smallest absolute Gasteiger partial charge is 0.159 e. The second-order valence-corrected chi connectivity index (χ2v) is 12.3. The van der Waals surface area contributed by atoms with Crippen LogP contribution in [0.5, 0.6) is 5.75 Å². The molecule has 2 aliphatic heterocycles. The van der Waals surface area contributed by atoms with E-state index in [0.717, 1.165) is 66.9 Å². The maximum Gasteiger partial charge on any atom is 0.159 e. The number of aromatic nitrogens is 7. The van der Waals surface area contributed by atoms with E-state index in [0.29, 0.717) is 40.5 Å². The van der Waals surface area contributed by atoms with Gasteiger partial charge in [-0.05, 0) is 87.3 Å². The summed E-state index contributed by atoms with van der Waals surface area (Å²) in [6.07, 6.45) is 15.3. The van der Waals surface area contributed by atoms with Gasteiger partial charge in [0.1, 0.15) is 23.9 Å². The zero-order valence-corrected chi connectivity index (χ0v) is 25.7. The van der Waals surface area contributed by atoms with E-state index in [1.807, 2.05) is 24.5 Å². The van der Waals surface area contributed by atoms with Gasteiger partial charge in [0.25, 0.3) is 0 Å². The Morgan fingerprint density at radius 2 is 1.61 bits per heavy atom. The first-order valence-corrected chi connectivity index (χ1v) is 16.2. The van der Waals surface area contributed by atoms with Crippen LogP contribution >= 0.6 is 0 Å². The van der Waals surface area contributed by atoms with Gasteiger partial charge < -0.3 is 9.72 Å². The Labute approximate surface area is 266 Å². The molecule has 11 heteroatoms. The van der Waals surface area contributed by atoms with Crippen LogP contribution in [0.1, 0.15) is 37.7 Å². The second kappa shape index (κ2) is 12.6. The van der Waals surface area contributed by atoms with E-state index in [1.165, 1.54) is 49.8 Å². The summed E-state index contributed by atoms with van der Waals surface area (Å²) < 4.78 is 20.8. The molecule has 1 aromatic carbocycles. The number of fused-ring (bicyclic) bond motifs is 2. The van der Waals surface area contributed by atoms with E-state index in [9.17, 15) is 4.39 Å². The largest absolute Gasteiger partial charge is 0.492 e. The molecule has 234 valence electrons. The Bertz CT molecular complexity index is 1990. The van der Waals surface area contributed by atoms with Crippen LogP contribution in [0.15, 0.2) is 61.3 Å². The summed E-state index contributed by atoms with van der Waals surface area (Å²) in [6.45, 7) is 6.70. The number of imidazole rings is 1. The SMILES string of the molecule is Fc1cc(OCCN2CCCC2)cc(-c2cncc3[nH]c(-c4n[nH]c5cnc(-c6cncc(CN7CCCCC7)c6)cc45)nc23)c1. The lowest BCUT2D eigenvalue weighted by Gasteiger charge is -2.26. The minimum atomic E-state index is -0.366. The van der Waals surface area contributed by atoms with Crippen molar-refractivity contribution in [1.82, 2.24) is 44.9 Å². The summed E-state index contributed by atoms with van der Waals surface area (Å²) in [6, 6.07) is 8.98. The number of pyridine rings is 3. The summed E-state index contributed by atoms with van der Waals surface area (Å²) >= 11 is 0. The van der Waals surface area contributed by atoms with Gasteiger partial charge in [-0.25, -0.2) is 9.37 Å². The number of likely N-dealkylation sites (tertiary alicyclic amines) is 2. The Kier molecular flexibility index (Phi) is 7.85. The quantitative estimate of drug-likeness (QED) is 0.197. The van der Waals surface area contributed by atoms with Gasteiger partial charge in [-0.1, -0.05) is 6.42 Å². The molecule has 2 saturated heterocycles. The Morgan fingerprint density at radius 1 is 0.783 bits per heavy atom. The summed E-state index contributed by atoms with van der Waals surface area (Å²) in [7, 11) is 0. The molecule has 0 radical (unpaired) electrons. The monoisotopic (exact) mass is 617 g/mol. The highest BCUT2D eigenvalue weighted by Gasteiger charge is 2.18. The fourth-order valence-electron chi connectivity index (χ4n) is 6.70. The molecule has 0 aliphatic carbocycles. The average Bonchev–Trinajstić information content (AvgIpc) is 3.85. The summed E-state index contributed by atoms with van der Waals surface area (Å²) in [5, 5.41) is 8.59. The molecule has 0 atom stereocenters. The molecule has 8 rings (SSSR count). The molecule has 10 nitrogen and oxygen atoms in total. The van der Waals surface area contributed by atoms with Crippen molar-refractivity contribution in [2.24, 2.45) is 0 Å². The standard InChI is InChI=1S/C35H36FN9O/c36-26-13-24(14-27(15-26)46-11-10-44-6-4-5-7-44)29-19-38-20-32-33(29)41-35(40-32)34-28-16-30(39-21-31(28)42-43-34)25-12-23(17-37-18-25)22-45-8-2-1-3-9-45/h12-21H,1-11,22H2,(H,40,41)(H,42,43). The molecule has 0 amide bonds. The average molecular weight is 618 g/mol. The zero-order chi connectivity index (χ0) is 30.9. The van der Waals surface area contributed by atoms with Gasteiger partial charge in [0.05, 0.1) is 34.6 Å². The first kappa shape index (κ1) is 28.7. The molecule has 0 saturated carbocycles. The summed E-state index contributed by atoms with van der Waals surface area (Å²) in [5.41, 5.74) is 7.21. The highest BCUT2D eigenvalue weighted by molar-refractivity contribution is 5.97. The number of rotatable bonds is 9. The highest BCUT2D eigenvalue weighted by atomic mass is 19.1. The van der Waals surface area contributed by atoms with Gasteiger partial charge in [0.2, 0.25) is 0 Å². The van der Waals surface area contributed by atoms with Gasteiger partial charge in [-0.15, -0.1) is 0 Å². The number of piperidine rings is 1. The molecule has 0 spiro atoms. The lowest BCUT2D eigenvalue weighted by Crippen LogP contribution is -2.29. The van der Waals surface area contributed by atoms with Crippen LogP contribution in [-0.4, -0.2) is 84.2 Å². The number of benzene rings is 1. The van der Waals surface area contributed by atoms with Crippen molar-refractivity contribution in [2.75, 3.05) is 39.3 Å². The predicted octanol–water partition coefficient (Wildman–Crippen LogP) is 6.22. The van der Waals surface area contributed by atoms with E-state index in [-0.39, 0.29) is 5.82 Å². The number of hydrogen-bond donors (Lipinski definition) is 2. The van der Waals surface area contributed by atoms with Crippen LogP contribution in [-0.2, 0) is 6.54 Å². The van der Waals surface area contributed by atoms with Crippen LogP contribution in [0.2, 0.25) is 0 Å². The van der Waals surface area contributed by atoms with E-state index in [1.54, 1.807) is 18.6 Å². The van der Waals surface area contributed by atoms with Gasteiger partial charge in [0, 0.05) is 54.3 Å². The summed E-state index contributed by atoms with van der Waals surface area (Å²) in [4.78, 5) is 26.9. The van der Waals surface area contributed by atoms with Crippen molar-refractivity contribution in [3.63, 3.8) is 0 Å². The summed E-state index contributed by atoms with van der Waals surface area (Å²) in [5.74, 6) is 0.715. The fourth-order valence-corrected chi connectivity index (χ4v) is 6.70. The number of aromatic amines is 2. The Balaban J connectivity index is 1.08. The molecule has 5 aromatic heterocycles. The molecule has 2 fully saturated rings. The van der Waals surface area contributed by atoms with Crippen LogP contribution in [0.3, 0.4) is 0 Å². The molecule has 46 heavy (non-hydrogen) atoms. The zero-order valence-electron chi connectivity index (χ0n) is 25.7. The fraction of sp³-hybridized carbons (Fsp3) is 0.343. The molecule has 7 heterocycles. The maximum absolute atomic E-state index is 14.8. The second-order valence-electron chi connectivity index (χ2n) is 12.3. The number of ether oxygens (including phenoxy) is 1. The number of halogens is 1. The van der Waals surface area contributed by atoms with Crippen molar-refractivity contribution in [2.45, 2.75) is 38.6 Å². The molecule has 0 bridgehead atoms. The van der Waals surface area contributed by atoms with Gasteiger partial charge in [-0.2, -0.15) is 5.10 Å². The maximum atomic E-state index is 14.8. The van der Waals surface area contributed by atoms with E-state index in [2.05, 4.69) is 41.0 Å². The highest BCUT2D eigenvalue weighted by Crippen LogP contribution is 2.34. The first-order chi connectivity index (χ1) is 22.7. The third-order valence-electron chi connectivity index (χ3n) is 9.07. The van der Waals surface area contributed by atoms with Gasteiger partial charge >= 0.3 is 0 Å². The number of nitrogens with zero attached hydrogens (tertiary/aromatic N) is 7. The van der Waals surface area contributed by atoms with Crippen LogP contribution in [0.25, 0.3) is 55.8 Å². The van der Waals surface area contributed by atoms with E-state index < -0.39 is 0 Å². The Hall–Kier alpha value is -4.74. The first-order valence-electron chi connectivity index (χ1n) is 16.2.